The van der Waals surface area contributed by atoms with Crippen LogP contribution < -0.4 is 0 Å². The summed E-state index contributed by atoms with van der Waals surface area (Å²) in [5.41, 5.74) is 1.56. The van der Waals surface area contributed by atoms with Gasteiger partial charge in [-0.25, -0.2) is 0 Å². The van der Waals surface area contributed by atoms with Crippen molar-refractivity contribution in [2.24, 2.45) is 10.3 Å². The molecule has 22 heavy (non-hydrogen) atoms. The molecule has 1 aromatic carbocycles. The lowest BCUT2D eigenvalue weighted by Crippen LogP contribution is -2.16. The van der Waals surface area contributed by atoms with E-state index in [1.165, 1.54) is 38.5 Å². The van der Waals surface area contributed by atoms with Crippen LogP contribution in [-0.2, 0) is 0 Å². The third kappa shape index (κ3) is 6.74. The fourth-order valence-electron chi connectivity index (χ4n) is 2.52. The van der Waals surface area contributed by atoms with Gasteiger partial charge in [-0.15, -0.1) is 0 Å². The van der Waals surface area contributed by atoms with Crippen molar-refractivity contribution in [3.8, 4) is 0 Å². The maximum atomic E-state index is 9.20. The molecule has 0 aliphatic carbocycles. The van der Waals surface area contributed by atoms with Crippen LogP contribution in [0, 0.1) is 0 Å². The van der Waals surface area contributed by atoms with Crippen LogP contribution in [0.25, 0.3) is 0 Å². The minimum atomic E-state index is 0.353. The van der Waals surface area contributed by atoms with Crippen LogP contribution in [0.4, 0.5) is 0 Å². The predicted molar refractivity (Wildman–Crippen MR) is 91.2 cm³/mol. The normalized spacial score (nSPS) is 12.6. The van der Waals surface area contributed by atoms with Gasteiger partial charge in [0.25, 0.3) is 0 Å². The van der Waals surface area contributed by atoms with Crippen molar-refractivity contribution in [2.75, 3.05) is 0 Å². The van der Waals surface area contributed by atoms with Crippen LogP contribution >= 0.6 is 0 Å². The molecule has 4 heteroatoms. The summed E-state index contributed by atoms with van der Waals surface area (Å²) < 4.78 is 0. The molecule has 0 heterocycles. The van der Waals surface area contributed by atoms with Crippen LogP contribution in [0.5, 0.6) is 0 Å². The highest BCUT2D eigenvalue weighted by Gasteiger charge is 2.12. The summed E-state index contributed by atoms with van der Waals surface area (Å²) in [7, 11) is 0. The van der Waals surface area contributed by atoms with Gasteiger partial charge in [-0.2, -0.15) is 0 Å². The van der Waals surface area contributed by atoms with Gasteiger partial charge in [0.1, 0.15) is 11.4 Å². The number of benzene rings is 1. The van der Waals surface area contributed by atoms with Crippen molar-refractivity contribution in [3.05, 3.63) is 35.9 Å². The van der Waals surface area contributed by atoms with Crippen molar-refractivity contribution < 1.29 is 10.4 Å². The van der Waals surface area contributed by atoms with Gasteiger partial charge in [0.05, 0.1) is 0 Å². The van der Waals surface area contributed by atoms with Crippen LogP contribution in [0.1, 0.15) is 70.3 Å². The van der Waals surface area contributed by atoms with E-state index in [0.29, 0.717) is 17.8 Å². The second-order valence-corrected chi connectivity index (χ2v) is 5.59. The van der Waals surface area contributed by atoms with E-state index in [0.717, 1.165) is 18.4 Å². The standard InChI is InChI=1S/C18H28N2O2/c1-2-3-4-5-6-7-8-12-15-17(19-21)18(20-22)16-13-10-9-11-14-16/h9-11,13-14,21-22H,2-8,12,15H2,1H3/b19-17+,20-18-. The lowest BCUT2D eigenvalue weighted by molar-refractivity contribution is 0.313. The summed E-state index contributed by atoms with van der Waals surface area (Å²) in [5, 5.41) is 25.0. The zero-order valence-corrected chi connectivity index (χ0v) is 13.5. The molecule has 122 valence electrons. The Bertz CT molecular complexity index is 455. The molecule has 0 aromatic heterocycles. The van der Waals surface area contributed by atoms with Gasteiger partial charge in [-0.05, 0) is 12.8 Å². The molecule has 0 amide bonds. The van der Waals surface area contributed by atoms with Gasteiger partial charge in [-0.3, -0.25) is 0 Å². The number of nitrogens with zero attached hydrogens (tertiary/aromatic N) is 2. The Hall–Kier alpha value is -1.84. The van der Waals surface area contributed by atoms with Gasteiger partial charge in [0.15, 0.2) is 0 Å². The van der Waals surface area contributed by atoms with Gasteiger partial charge in [-0.1, -0.05) is 92.5 Å². The van der Waals surface area contributed by atoms with Crippen molar-refractivity contribution in [1.82, 2.24) is 0 Å². The van der Waals surface area contributed by atoms with E-state index in [1.54, 1.807) is 0 Å². The molecule has 0 saturated heterocycles. The van der Waals surface area contributed by atoms with Crippen LogP contribution in [-0.4, -0.2) is 21.8 Å². The zero-order valence-electron chi connectivity index (χ0n) is 13.5. The average molecular weight is 304 g/mol. The Morgan fingerprint density at radius 2 is 1.41 bits per heavy atom. The molecule has 0 radical (unpaired) electrons. The first kappa shape index (κ1) is 18.2. The molecule has 0 aliphatic rings. The molecule has 0 aliphatic heterocycles. The number of hydrogen-bond donors (Lipinski definition) is 2. The van der Waals surface area contributed by atoms with Crippen molar-refractivity contribution in [3.63, 3.8) is 0 Å². The molecule has 1 aromatic rings. The first-order chi connectivity index (χ1) is 10.8. The number of unbranched alkanes of at least 4 members (excludes halogenated alkanes) is 7. The van der Waals surface area contributed by atoms with Crippen LogP contribution in [0.3, 0.4) is 0 Å². The number of rotatable bonds is 11. The second-order valence-electron chi connectivity index (χ2n) is 5.59. The third-order valence-electron chi connectivity index (χ3n) is 3.81. The van der Waals surface area contributed by atoms with Crippen molar-refractivity contribution in [1.29, 1.82) is 0 Å². The SMILES string of the molecule is CCCCCCCCCCC(=N\O)/C(=N\O)c1ccccc1. The summed E-state index contributed by atoms with van der Waals surface area (Å²) >= 11 is 0. The summed E-state index contributed by atoms with van der Waals surface area (Å²) in [6.45, 7) is 2.22. The first-order valence-corrected chi connectivity index (χ1v) is 8.32. The maximum absolute atomic E-state index is 9.20. The van der Waals surface area contributed by atoms with Crippen LogP contribution in [0.15, 0.2) is 40.6 Å². The van der Waals surface area contributed by atoms with Crippen LogP contribution in [0.2, 0.25) is 0 Å². The van der Waals surface area contributed by atoms with Crippen molar-refractivity contribution >= 4 is 11.4 Å². The monoisotopic (exact) mass is 304 g/mol. The van der Waals surface area contributed by atoms with Gasteiger partial charge in [0.2, 0.25) is 0 Å². The molecule has 0 spiro atoms. The molecule has 0 saturated carbocycles. The van der Waals surface area contributed by atoms with E-state index < -0.39 is 0 Å². The second kappa shape index (κ2) is 11.8. The Morgan fingerprint density at radius 3 is 1.95 bits per heavy atom. The smallest absolute Gasteiger partial charge is 0.134 e. The minimum Gasteiger partial charge on any atom is -0.411 e. The average Bonchev–Trinajstić information content (AvgIpc) is 2.57. The highest BCUT2D eigenvalue weighted by atomic mass is 16.4. The largest absolute Gasteiger partial charge is 0.411 e. The van der Waals surface area contributed by atoms with E-state index >= 15 is 0 Å². The highest BCUT2D eigenvalue weighted by molar-refractivity contribution is 6.48. The lowest BCUT2D eigenvalue weighted by atomic mass is 10.0. The Morgan fingerprint density at radius 1 is 0.818 bits per heavy atom. The molecule has 4 nitrogen and oxygen atoms in total. The molecule has 0 bridgehead atoms. The zero-order chi connectivity index (χ0) is 16.0. The highest BCUT2D eigenvalue weighted by Crippen LogP contribution is 2.12. The molecule has 0 unspecified atom stereocenters. The van der Waals surface area contributed by atoms with Gasteiger partial charge >= 0.3 is 0 Å². The molecule has 2 N–H and O–H groups in total. The Balaban J connectivity index is 2.33. The minimum absolute atomic E-state index is 0.353. The van der Waals surface area contributed by atoms with E-state index in [2.05, 4.69) is 17.2 Å². The predicted octanol–water partition coefficient (Wildman–Crippen LogP) is 5.23. The Labute approximate surface area is 133 Å². The number of hydrogen-bond acceptors (Lipinski definition) is 4. The van der Waals surface area contributed by atoms with Gasteiger partial charge in [0, 0.05) is 5.56 Å². The third-order valence-corrected chi connectivity index (χ3v) is 3.81. The summed E-state index contributed by atoms with van der Waals surface area (Å²) in [6.07, 6.45) is 10.4. The first-order valence-electron chi connectivity index (χ1n) is 8.32. The molecule has 1 rings (SSSR count). The fraction of sp³-hybridized carbons (Fsp3) is 0.556. The fourth-order valence-corrected chi connectivity index (χ4v) is 2.52. The quantitative estimate of drug-likeness (QED) is 0.254. The summed E-state index contributed by atoms with van der Waals surface area (Å²) in [4.78, 5) is 0. The maximum Gasteiger partial charge on any atom is 0.134 e. The summed E-state index contributed by atoms with van der Waals surface area (Å²) in [6, 6.07) is 9.31. The lowest BCUT2D eigenvalue weighted by Gasteiger charge is -2.07. The van der Waals surface area contributed by atoms with E-state index in [1.807, 2.05) is 30.3 Å². The topological polar surface area (TPSA) is 65.2 Å². The number of oxime groups is 2. The Kier molecular flexibility index (Phi) is 9.75. The molecule has 0 atom stereocenters. The summed E-state index contributed by atoms with van der Waals surface area (Å²) in [5.74, 6) is 0. The molecular weight excluding hydrogens is 276 g/mol. The van der Waals surface area contributed by atoms with Gasteiger partial charge < -0.3 is 10.4 Å². The van der Waals surface area contributed by atoms with E-state index in [9.17, 15) is 10.4 Å². The molecular formula is C18H28N2O2. The van der Waals surface area contributed by atoms with E-state index in [4.69, 9.17) is 0 Å². The van der Waals surface area contributed by atoms with E-state index in [-0.39, 0.29) is 0 Å². The van der Waals surface area contributed by atoms with Crippen molar-refractivity contribution in [2.45, 2.75) is 64.7 Å². The molecule has 0 fully saturated rings.